The summed E-state index contributed by atoms with van der Waals surface area (Å²) >= 11 is 0. The Kier molecular flexibility index (Phi) is 6.33. The van der Waals surface area contributed by atoms with Crippen LogP contribution in [0.1, 0.15) is 30.1 Å². The lowest BCUT2D eigenvalue weighted by Gasteiger charge is -2.22. The van der Waals surface area contributed by atoms with Gasteiger partial charge in [0.05, 0.1) is 18.7 Å². The molecule has 5 rings (SSSR count). The summed E-state index contributed by atoms with van der Waals surface area (Å²) in [7, 11) is 1.19. The summed E-state index contributed by atoms with van der Waals surface area (Å²) in [5.74, 6) is -2.91. The van der Waals surface area contributed by atoms with Crippen LogP contribution in [-0.2, 0) is 6.18 Å². The molecule has 1 saturated heterocycles. The van der Waals surface area contributed by atoms with Crippen molar-refractivity contribution >= 4 is 17.3 Å². The van der Waals surface area contributed by atoms with Crippen LogP contribution in [0.4, 0.5) is 33.5 Å². The van der Waals surface area contributed by atoms with Gasteiger partial charge in [0.15, 0.2) is 23.1 Å². The third-order valence-corrected chi connectivity index (χ3v) is 6.18. The number of benzene rings is 1. The summed E-state index contributed by atoms with van der Waals surface area (Å²) in [4.78, 5) is 4.05. The highest BCUT2D eigenvalue weighted by atomic mass is 19.4. The molecular weight excluding hydrogens is 501 g/mol. The fourth-order valence-electron chi connectivity index (χ4n) is 4.31. The van der Waals surface area contributed by atoms with E-state index in [4.69, 9.17) is 10.5 Å². The monoisotopic (exact) mass is 523 g/mol. The summed E-state index contributed by atoms with van der Waals surface area (Å²) in [6.45, 7) is 1.35. The number of rotatable bonds is 5. The number of pyridine rings is 1. The van der Waals surface area contributed by atoms with Crippen molar-refractivity contribution in [2.75, 3.05) is 30.9 Å². The fraction of sp³-hybridized carbons (Fsp3) is 0.318. The van der Waals surface area contributed by atoms with Gasteiger partial charge < -0.3 is 15.8 Å². The zero-order valence-corrected chi connectivity index (χ0v) is 19.4. The van der Waals surface area contributed by atoms with Gasteiger partial charge in [-0.1, -0.05) is 0 Å². The van der Waals surface area contributed by atoms with Gasteiger partial charge in [0, 0.05) is 23.5 Å². The fourth-order valence-corrected chi connectivity index (χ4v) is 4.31. The van der Waals surface area contributed by atoms with Crippen molar-refractivity contribution in [1.82, 2.24) is 31.2 Å². The van der Waals surface area contributed by atoms with Crippen molar-refractivity contribution in [1.29, 1.82) is 0 Å². The number of nitrogens with two attached hydrogens (primary N) is 1. The van der Waals surface area contributed by atoms with Gasteiger partial charge in [-0.25, -0.2) is 19.9 Å². The number of hydrazone groups is 1. The van der Waals surface area contributed by atoms with E-state index in [1.54, 1.807) is 0 Å². The number of hydrazine groups is 2. The van der Waals surface area contributed by atoms with Gasteiger partial charge in [-0.15, -0.1) is 10.6 Å². The van der Waals surface area contributed by atoms with E-state index >= 15 is 0 Å². The second kappa shape index (κ2) is 9.48. The Morgan fingerprint density at radius 2 is 1.86 bits per heavy atom. The molecule has 0 saturated carbocycles. The van der Waals surface area contributed by atoms with Crippen LogP contribution in [0.5, 0.6) is 5.75 Å². The molecule has 0 radical (unpaired) electrons. The van der Waals surface area contributed by atoms with Crippen LogP contribution in [0.2, 0.25) is 0 Å². The van der Waals surface area contributed by atoms with E-state index in [0.29, 0.717) is 25.9 Å². The lowest BCUT2D eigenvalue weighted by molar-refractivity contribution is -0.141. The zero-order valence-electron chi connectivity index (χ0n) is 19.4. The number of halogens is 5. The largest absolute Gasteiger partial charge is 0.494 e. The third kappa shape index (κ3) is 4.51. The molecule has 4 heterocycles. The average Bonchev–Trinajstić information content (AvgIpc) is 3.55. The van der Waals surface area contributed by atoms with Crippen molar-refractivity contribution in [3.05, 3.63) is 53.5 Å². The highest BCUT2D eigenvalue weighted by molar-refractivity contribution is 6.13. The van der Waals surface area contributed by atoms with E-state index in [-0.39, 0.29) is 45.8 Å². The smallest absolute Gasteiger partial charge is 0.435 e. The summed E-state index contributed by atoms with van der Waals surface area (Å²) < 4.78 is 77.1. The van der Waals surface area contributed by atoms with Crippen molar-refractivity contribution in [3.8, 4) is 16.9 Å². The third-order valence-electron chi connectivity index (χ3n) is 6.18. The topological polar surface area (TPSA) is 118 Å². The highest BCUT2D eigenvalue weighted by Crippen LogP contribution is 2.38. The Morgan fingerprint density at radius 1 is 1.11 bits per heavy atom. The van der Waals surface area contributed by atoms with Crippen molar-refractivity contribution in [3.63, 3.8) is 0 Å². The molecule has 0 unspecified atom stereocenters. The van der Waals surface area contributed by atoms with Gasteiger partial charge in [0.1, 0.15) is 11.5 Å². The van der Waals surface area contributed by atoms with Gasteiger partial charge in [-0.2, -0.15) is 22.7 Å². The lowest BCUT2D eigenvalue weighted by atomic mass is 10.0. The quantitative estimate of drug-likeness (QED) is 0.377. The first-order valence-corrected chi connectivity index (χ1v) is 11.2. The van der Waals surface area contributed by atoms with Gasteiger partial charge in [-0.05, 0) is 44.1 Å². The van der Waals surface area contributed by atoms with E-state index < -0.39 is 23.5 Å². The molecule has 1 aromatic carbocycles. The number of nitrogens with one attached hydrogen (secondary N) is 3. The molecule has 1 fully saturated rings. The predicted molar refractivity (Wildman–Crippen MR) is 124 cm³/mol. The molecular formula is C22H22F5N9O. The number of piperidine rings is 1. The maximum atomic E-state index is 14.8. The van der Waals surface area contributed by atoms with Crippen molar-refractivity contribution in [2.24, 2.45) is 5.10 Å². The minimum Gasteiger partial charge on any atom is -0.494 e. The first kappa shape index (κ1) is 24.7. The first-order valence-electron chi connectivity index (χ1n) is 11.2. The number of hydrogen-bond donors (Lipinski definition) is 4. The second-order valence-corrected chi connectivity index (χ2v) is 8.42. The minimum absolute atomic E-state index is 0.0466. The summed E-state index contributed by atoms with van der Waals surface area (Å²) in [5.41, 5.74) is 9.63. The number of amidine groups is 1. The molecule has 2 aromatic heterocycles. The zero-order chi connectivity index (χ0) is 26.3. The van der Waals surface area contributed by atoms with E-state index in [0.717, 1.165) is 5.01 Å². The molecule has 2 aliphatic heterocycles. The Hall–Kier alpha value is -3.98. The van der Waals surface area contributed by atoms with Crippen LogP contribution in [-0.4, -0.2) is 40.8 Å². The molecule has 0 aliphatic carbocycles. The molecule has 0 atom stereocenters. The molecule has 0 amide bonds. The number of ether oxygens (including phenoxy) is 1. The van der Waals surface area contributed by atoms with Crippen LogP contribution in [0, 0.1) is 11.6 Å². The number of methoxy groups -OCH3 is 1. The average molecular weight is 523 g/mol. The molecule has 5 N–H and O–H groups in total. The van der Waals surface area contributed by atoms with E-state index in [9.17, 15) is 22.0 Å². The van der Waals surface area contributed by atoms with Crippen LogP contribution < -0.4 is 31.9 Å². The van der Waals surface area contributed by atoms with Crippen LogP contribution in [0.3, 0.4) is 0 Å². The van der Waals surface area contributed by atoms with Crippen molar-refractivity contribution in [2.45, 2.75) is 25.1 Å². The van der Waals surface area contributed by atoms with Gasteiger partial charge in [-0.3, -0.25) is 4.68 Å². The first-order chi connectivity index (χ1) is 17.7. The van der Waals surface area contributed by atoms with E-state index in [2.05, 4.69) is 31.6 Å². The van der Waals surface area contributed by atoms with Gasteiger partial charge in [0.2, 0.25) is 5.82 Å². The van der Waals surface area contributed by atoms with Crippen LogP contribution in [0.25, 0.3) is 11.1 Å². The Balaban J connectivity index is 1.56. The number of anilines is 2. The molecule has 10 nitrogen and oxygen atoms in total. The normalized spacial score (nSPS) is 16.6. The maximum absolute atomic E-state index is 14.8. The van der Waals surface area contributed by atoms with Crippen LogP contribution in [0.15, 0.2) is 35.7 Å². The number of alkyl halides is 3. The molecule has 15 heteroatoms. The van der Waals surface area contributed by atoms with E-state index in [1.807, 2.05) is 0 Å². The van der Waals surface area contributed by atoms with Gasteiger partial charge in [0.25, 0.3) is 0 Å². The SMILES string of the molecule is COc1ccc(N2NNN=C2c2cc(-c3cn(C4CCNCC4)nc3C(F)(F)F)cnc2N)c(F)c1F. The highest BCUT2D eigenvalue weighted by Gasteiger charge is 2.39. The minimum atomic E-state index is -4.72. The molecule has 0 bridgehead atoms. The molecule has 3 aromatic rings. The number of aromatic nitrogens is 3. The van der Waals surface area contributed by atoms with E-state index in [1.165, 1.54) is 42.4 Å². The Labute approximate surface area is 207 Å². The summed E-state index contributed by atoms with van der Waals surface area (Å²) in [6, 6.07) is 3.62. The van der Waals surface area contributed by atoms with Gasteiger partial charge >= 0.3 is 6.18 Å². The summed E-state index contributed by atoms with van der Waals surface area (Å²) in [5, 5.41) is 12.1. The maximum Gasteiger partial charge on any atom is 0.435 e. The molecule has 2 aliphatic rings. The second-order valence-electron chi connectivity index (χ2n) is 8.42. The molecule has 196 valence electrons. The lowest BCUT2D eigenvalue weighted by Crippen LogP contribution is -2.42. The molecule has 0 spiro atoms. The standard InChI is InChI=1S/C22H22F5N9O/c1-37-16-3-2-15(17(23)18(16)24)36-21(31-33-34-36)13-8-11(9-30-20(13)28)14-10-35(12-4-6-29-7-5-12)32-19(14)22(25,26)27/h2-3,8-10,12,29,33-34H,4-7H2,1H3,(H2,28,30). The Morgan fingerprint density at radius 3 is 2.57 bits per heavy atom. The van der Waals surface area contributed by atoms with Crippen molar-refractivity contribution < 1.29 is 26.7 Å². The molecule has 37 heavy (non-hydrogen) atoms. The summed E-state index contributed by atoms with van der Waals surface area (Å²) in [6.07, 6.45) is -0.905. The predicted octanol–water partition coefficient (Wildman–Crippen LogP) is 2.95. The number of nitrogens with zero attached hydrogens (tertiary/aromatic N) is 5. The Bertz CT molecular complexity index is 1350. The van der Waals surface area contributed by atoms with Crippen LogP contribution >= 0.6 is 0 Å². The number of hydrogen-bond acceptors (Lipinski definition) is 9. The number of nitrogen functional groups attached to an aromatic ring is 1.